The van der Waals surface area contributed by atoms with Crippen molar-refractivity contribution in [2.24, 2.45) is 5.92 Å². The first kappa shape index (κ1) is 22.5. The van der Waals surface area contributed by atoms with Crippen molar-refractivity contribution in [2.75, 3.05) is 7.05 Å². The average Bonchev–Trinajstić information content (AvgIpc) is 3.22. The molecule has 1 aliphatic carbocycles. The number of aldehydes is 1. The van der Waals surface area contributed by atoms with Crippen molar-refractivity contribution in [1.82, 2.24) is 14.9 Å². The van der Waals surface area contributed by atoms with Gasteiger partial charge in [-0.15, -0.1) is 0 Å². The molecule has 1 heterocycles. The van der Waals surface area contributed by atoms with E-state index in [0.29, 0.717) is 18.3 Å². The number of phenols is 1. The third-order valence-corrected chi connectivity index (χ3v) is 6.95. The molecule has 1 aliphatic rings. The van der Waals surface area contributed by atoms with Gasteiger partial charge in [0.1, 0.15) is 24.0 Å². The average molecular weight is 436 g/mol. The Balaban J connectivity index is 1.81. The Labute approximate surface area is 189 Å². The number of aliphatic hydroxyl groups is 1. The van der Waals surface area contributed by atoms with Gasteiger partial charge < -0.3 is 24.9 Å². The van der Waals surface area contributed by atoms with Crippen LogP contribution in [0.25, 0.3) is 11.0 Å². The molecule has 2 atom stereocenters. The molecule has 0 radical (unpaired) electrons. The van der Waals surface area contributed by atoms with Crippen LogP contribution in [-0.2, 0) is 11.2 Å². The smallest absolute Gasteiger partial charge is 0.143 e. The summed E-state index contributed by atoms with van der Waals surface area (Å²) in [5.41, 5.74) is 3.32. The summed E-state index contributed by atoms with van der Waals surface area (Å²) in [6.45, 7) is 2.12. The van der Waals surface area contributed by atoms with Crippen molar-refractivity contribution in [2.45, 2.75) is 63.6 Å². The van der Waals surface area contributed by atoms with Gasteiger partial charge in [-0.05, 0) is 70.2 Å². The van der Waals surface area contributed by atoms with Crippen molar-refractivity contribution in [1.29, 1.82) is 0 Å². The number of phenolic OH excluding ortho intramolecular Hbond substituents is 1. The zero-order valence-electron chi connectivity index (χ0n) is 18.9. The van der Waals surface area contributed by atoms with E-state index in [4.69, 9.17) is 4.98 Å². The molecule has 0 aliphatic heterocycles. The number of rotatable bonds is 8. The molecule has 3 aromatic rings. The highest BCUT2D eigenvalue weighted by molar-refractivity contribution is 5.82. The minimum absolute atomic E-state index is 0.117. The van der Waals surface area contributed by atoms with E-state index in [1.165, 1.54) is 0 Å². The second-order valence-electron chi connectivity index (χ2n) is 9.02. The number of aromatic nitrogens is 2. The molecule has 6 nitrogen and oxygen atoms in total. The van der Waals surface area contributed by atoms with Crippen molar-refractivity contribution < 1.29 is 15.0 Å². The van der Waals surface area contributed by atoms with Crippen LogP contribution >= 0.6 is 0 Å². The minimum Gasteiger partial charge on any atom is -0.508 e. The van der Waals surface area contributed by atoms with Gasteiger partial charge in [-0.1, -0.05) is 30.3 Å². The number of hydrogen-bond donors (Lipinski definition) is 3. The molecule has 32 heavy (non-hydrogen) atoms. The Kier molecular flexibility index (Phi) is 6.92. The van der Waals surface area contributed by atoms with Gasteiger partial charge in [-0.2, -0.15) is 0 Å². The molecule has 0 bridgehead atoms. The largest absolute Gasteiger partial charge is 0.508 e. The third-order valence-electron chi connectivity index (χ3n) is 6.95. The van der Waals surface area contributed by atoms with E-state index in [1.54, 1.807) is 6.07 Å². The molecule has 2 unspecified atom stereocenters. The molecular weight excluding hydrogens is 402 g/mol. The van der Waals surface area contributed by atoms with Gasteiger partial charge in [0.05, 0.1) is 11.0 Å². The zero-order chi connectivity index (χ0) is 22.7. The van der Waals surface area contributed by atoms with E-state index in [-0.39, 0.29) is 17.7 Å². The van der Waals surface area contributed by atoms with E-state index in [2.05, 4.69) is 16.8 Å². The normalized spacial score (nSPS) is 20.8. The molecule has 3 N–H and O–H groups in total. The summed E-state index contributed by atoms with van der Waals surface area (Å²) in [5, 5.41) is 25.2. The molecule has 0 spiro atoms. The highest BCUT2D eigenvalue weighted by Crippen LogP contribution is 2.39. The van der Waals surface area contributed by atoms with Crippen molar-refractivity contribution in [3.63, 3.8) is 0 Å². The molecule has 1 saturated carbocycles. The van der Waals surface area contributed by atoms with Crippen LogP contribution in [0.4, 0.5) is 0 Å². The molecule has 0 saturated heterocycles. The second-order valence-corrected chi connectivity index (χ2v) is 9.02. The molecule has 2 aromatic carbocycles. The zero-order valence-corrected chi connectivity index (χ0v) is 18.9. The highest BCUT2D eigenvalue weighted by Gasteiger charge is 2.29. The molecule has 0 amide bonds. The first-order chi connectivity index (χ1) is 15.5. The van der Waals surface area contributed by atoms with E-state index in [0.717, 1.165) is 60.6 Å². The number of nitrogens with one attached hydrogen (secondary N) is 1. The van der Waals surface area contributed by atoms with Gasteiger partial charge >= 0.3 is 0 Å². The van der Waals surface area contributed by atoms with Crippen LogP contribution in [0.1, 0.15) is 68.1 Å². The Morgan fingerprint density at radius 1 is 1.16 bits per heavy atom. The van der Waals surface area contributed by atoms with Gasteiger partial charge in [0.25, 0.3) is 0 Å². The number of carbonyl (C=O) groups is 1. The molecule has 4 rings (SSSR count). The number of nitrogens with zero attached hydrogens (tertiary/aromatic N) is 2. The standard InChI is InChI=1S/C26H33N3O3/c1-17(27-2)8-13-21-23(31)15-14-22-24(21)28-26(25(32)19-6-4-3-5-7-19)29(22)20-11-9-18(16-30)10-12-20/h3-7,14-18,20,25,27,31-32H,8-13H2,1-2H3. The van der Waals surface area contributed by atoms with Gasteiger partial charge in [0, 0.05) is 23.6 Å². The van der Waals surface area contributed by atoms with E-state index in [1.807, 2.05) is 43.4 Å². The summed E-state index contributed by atoms with van der Waals surface area (Å²) in [4.78, 5) is 16.2. The van der Waals surface area contributed by atoms with E-state index >= 15 is 0 Å². The molecule has 1 aromatic heterocycles. The lowest BCUT2D eigenvalue weighted by atomic mass is 9.86. The number of fused-ring (bicyclic) bond motifs is 1. The lowest BCUT2D eigenvalue weighted by Gasteiger charge is -2.29. The van der Waals surface area contributed by atoms with Gasteiger partial charge in [0.15, 0.2) is 0 Å². The lowest BCUT2D eigenvalue weighted by molar-refractivity contribution is -0.112. The van der Waals surface area contributed by atoms with E-state index < -0.39 is 6.10 Å². The van der Waals surface area contributed by atoms with Crippen molar-refractivity contribution in [3.8, 4) is 5.75 Å². The first-order valence-electron chi connectivity index (χ1n) is 11.6. The van der Waals surface area contributed by atoms with Crippen LogP contribution in [0.3, 0.4) is 0 Å². The summed E-state index contributed by atoms with van der Waals surface area (Å²) in [7, 11) is 1.93. The summed E-state index contributed by atoms with van der Waals surface area (Å²) in [5.74, 6) is 0.969. The maximum Gasteiger partial charge on any atom is 0.143 e. The molecule has 1 fully saturated rings. The number of carbonyl (C=O) groups excluding carboxylic acids is 1. The van der Waals surface area contributed by atoms with Crippen LogP contribution in [0.2, 0.25) is 0 Å². The van der Waals surface area contributed by atoms with Gasteiger partial charge in [0.2, 0.25) is 0 Å². The molecule has 6 heteroatoms. The van der Waals surface area contributed by atoms with Crippen LogP contribution in [0.5, 0.6) is 5.75 Å². The topological polar surface area (TPSA) is 87.4 Å². The number of benzene rings is 2. The SMILES string of the molecule is CNC(C)CCc1c(O)ccc2c1nc(C(O)c1ccccc1)n2C1CCC(C=O)CC1. The maximum atomic E-state index is 11.3. The lowest BCUT2D eigenvalue weighted by Crippen LogP contribution is -2.22. The predicted octanol–water partition coefficient (Wildman–Crippen LogP) is 4.29. The Hall–Kier alpha value is -2.70. The summed E-state index contributed by atoms with van der Waals surface area (Å²) < 4.78 is 2.17. The Morgan fingerprint density at radius 2 is 1.88 bits per heavy atom. The fourth-order valence-electron chi connectivity index (χ4n) is 4.83. The van der Waals surface area contributed by atoms with E-state index in [9.17, 15) is 15.0 Å². The molecule has 170 valence electrons. The summed E-state index contributed by atoms with van der Waals surface area (Å²) in [6, 6.07) is 13.7. The number of aliphatic hydroxyl groups excluding tert-OH is 1. The third kappa shape index (κ3) is 4.43. The predicted molar refractivity (Wildman–Crippen MR) is 126 cm³/mol. The van der Waals surface area contributed by atoms with Crippen LogP contribution in [-0.4, -0.2) is 39.1 Å². The summed E-state index contributed by atoms with van der Waals surface area (Å²) >= 11 is 0. The van der Waals surface area contributed by atoms with Crippen molar-refractivity contribution in [3.05, 3.63) is 59.4 Å². The minimum atomic E-state index is -0.862. The van der Waals surface area contributed by atoms with Crippen LogP contribution in [0.15, 0.2) is 42.5 Å². The molecular formula is C26H33N3O3. The fourth-order valence-corrected chi connectivity index (χ4v) is 4.83. The van der Waals surface area contributed by atoms with Gasteiger partial charge in [-0.3, -0.25) is 0 Å². The highest BCUT2D eigenvalue weighted by atomic mass is 16.3. The number of imidazole rings is 1. The van der Waals surface area contributed by atoms with Gasteiger partial charge in [-0.25, -0.2) is 4.98 Å². The number of aromatic hydroxyl groups is 1. The van der Waals surface area contributed by atoms with Crippen LogP contribution < -0.4 is 5.32 Å². The number of aryl methyl sites for hydroxylation is 1. The second kappa shape index (κ2) is 9.84. The maximum absolute atomic E-state index is 11.3. The Morgan fingerprint density at radius 3 is 2.53 bits per heavy atom. The summed E-state index contributed by atoms with van der Waals surface area (Å²) in [6.07, 6.45) is 5.21. The fraction of sp³-hybridized carbons (Fsp3) is 0.462. The monoisotopic (exact) mass is 435 g/mol. The first-order valence-corrected chi connectivity index (χ1v) is 11.6. The Bertz CT molecular complexity index is 1060. The number of hydrogen-bond acceptors (Lipinski definition) is 5. The quantitative estimate of drug-likeness (QED) is 0.459. The van der Waals surface area contributed by atoms with Crippen LogP contribution in [0, 0.1) is 5.92 Å². The van der Waals surface area contributed by atoms with Crippen molar-refractivity contribution >= 4 is 17.3 Å².